The van der Waals surface area contributed by atoms with Gasteiger partial charge in [-0.25, -0.2) is 4.39 Å². The Labute approximate surface area is 114 Å². The highest BCUT2D eigenvalue weighted by atomic mass is 79.9. The van der Waals surface area contributed by atoms with Crippen LogP contribution in [0.15, 0.2) is 39.2 Å². The van der Waals surface area contributed by atoms with Crippen molar-refractivity contribution in [1.29, 1.82) is 0 Å². The van der Waals surface area contributed by atoms with Gasteiger partial charge in [-0.3, -0.25) is 0 Å². The number of hydrogen-bond donors (Lipinski definition) is 1. The zero-order valence-electron chi connectivity index (χ0n) is 10.3. The molecule has 0 fully saturated rings. The zero-order valence-corrected chi connectivity index (χ0v) is 11.9. The average molecular weight is 312 g/mol. The Morgan fingerprint density at radius 2 is 2.06 bits per heavy atom. The van der Waals surface area contributed by atoms with Crippen molar-refractivity contribution in [1.82, 2.24) is 5.32 Å². The molecule has 0 saturated heterocycles. The van der Waals surface area contributed by atoms with Gasteiger partial charge in [0.2, 0.25) is 0 Å². The summed E-state index contributed by atoms with van der Waals surface area (Å²) >= 11 is 3.33. The molecular weight excluding hydrogens is 297 g/mol. The lowest BCUT2D eigenvalue weighted by Crippen LogP contribution is -2.21. The quantitative estimate of drug-likeness (QED) is 0.908. The number of rotatable bonds is 4. The van der Waals surface area contributed by atoms with Gasteiger partial charge < -0.3 is 9.73 Å². The lowest BCUT2D eigenvalue weighted by atomic mass is 10.1. The van der Waals surface area contributed by atoms with E-state index in [9.17, 15) is 4.39 Å². The summed E-state index contributed by atoms with van der Waals surface area (Å²) in [6.07, 6.45) is 0. The van der Waals surface area contributed by atoms with E-state index >= 15 is 0 Å². The monoisotopic (exact) mass is 311 g/mol. The zero-order chi connectivity index (χ0) is 13.1. The SMILES string of the molecule is CC(C)NCc1ccc(-c2cc(Br)ccc2F)o1. The minimum absolute atomic E-state index is 0.282. The molecular formula is C14H15BrFNO. The maximum Gasteiger partial charge on any atom is 0.137 e. The summed E-state index contributed by atoms with van der Waals surface area (Å²) in [6, 6.07) is 8.86. The summed E-state index contributed by atoms with van der Waals surface area (Å²) in [5, 5.41) is 3.26. The third kappa shape index (κ3) is 3.21. The second kappa shape index (κ2) is 5.67. The number of benzene rings is 1. The van der Waals surface area contributed by atoms with Crippen molar-refractivity contribution >= 4 is 15.9 Å². The second-order valence-electron chi connectivity index (χ2n) is 4.43. The molecule has 0 amide bonds. The Kier molecular flexibility index (Phi) is 4.19. The highest BCUT2D eigenvalue weighted by molar-refractivity contribution is 9.10. The summed E-state index contributed by atoms with van der Waals surface area (Å²) in [6.45, 7) is 4.78. The van der Waals surface area contributed by atoms with Crippen molar-refractivity contribution in [3.05, 3.63) is 46.4 Å². The molecule has 0 saturated carbocycles. The normalized spacial score (nSPS) is 11.2. The first-order valence-corrected chi connectivity index (χ1v) is 6.63. The van der Waals surface area contributed by atoms with E-state index in [-0.39, 0.29) is 5.82 Å². The van der Waals surface area contributed by atoms with E-state index in [1.807, 2.05) is 6.07 Å². The van der Waals surface area contributed by atoms with Crippen LogP contribution in [-0.2, 0) is 6.54 Å². The van der Waals surface area contributed by atoms with Gasteiger partial charge in [-0.05, 0) is 30.3 Å². The van der Waals surface area contributed by atoms with Crippen LogP contribution in [0, 0.1) is 5.82 Å². The molecule has 0 spiro atoms. The molecule has 0 radical (unpaired) electrons. The van der Waals surface area contributed by atoms with Crippen molar-refractivity contribution in [3.63, 3.8) is 0 Å². The van der Waals surface area contributed by atoms with Crippen LogP contribution >= 0.6 is 15.9 Å². The molecule has 4 heteroatoms. The molecule has 96 valence electrons. The first kappa shape index (κ1) is 13.3. The predicted octanol–water partition coefficient (Wildman–Crippen LogP) is 4.35. The predicted molar refractivity (Wildman–Crippen MR) is 73.8 cm³/mol. The van der Waals surface area contributed by atoms with Crippen LogP contribution < -0.4 is 5.32 Å². The van der Waals surface area contributed by atoms with E-state index in [4.69, 9.17) is 4.42 Å². The molecule has 1 aromatic heterocycles. The van der Waals surface area contributed by atoms with Gasteiger partial charge in [0.1, 0.15) is 17.3 Å². The minimum atomic E-state index is -0.282. The number of hydrogen-bond acceptors (Lipinski definition) is 2. The van der Waals surface area contributed by atoms with Gasteiger partial charge in [-0.15, -0.1) is 0 Å². The van der Waals surface area contributed by atoms with Gasteiger partial charge in [0.05, 0.1) is 12.1 Å². The molecule has 2 nitrogen and oxygen atoms in total. The van der Waals surface area contributed by atoms with Gasteiger partial charge in [0.25, 0.3) is 0 Å². The Balaban J connectivity index is 2.21. The molecule has 2 aromatic rings. The third-order valence-corrected chi connectivity index (χ3v) is 3.03. The first-order valence-electron chi connectivity index (χ1n) is 5.84. The van der Waals surface area contributed by atoms with Gasteiger partial charge >= 0.3 is 0 Å². The number of halogens is 2. The average Bonchev–Trinajstić information content (AvgIpc) is 2.78. The smallest absolute Gasteiger partial charge is 0.137 e. The lowest BCUT2D eigenvalue weighted by molar-refractivity contribution is 0.471. The van der Waals surface area contributed by atoms with E-state index in [2.05, 4.69) is 35.1 Å². The molecule has 0 atom stereocenters. The Bertz CT molecular complexity index is 536. The fourth-order valence-corrected chi connectivity index (χ4v) is 1.97. The van der Waals surface area contributed by atoms with E-state index in [1.165, 1.54) is 6.07 Å². The Morgan fingerprint density at radius 1 is 1.28 bits per heavy atom. The van der Waals surface area contributed by atoms with E-state index in [0.717, 1.165) is 10.2 Å². The van der Waals surface area contributed by atoms with Gasteiger partial charge in [0.15, 0.2) is 0 Å². The third-order valence-electron chi connectivity index (χ3n) is 2.54. The van der Waals surface area contributed by atoms with Gasteiger partial charge in [-0.1, -0.05) is 29.8 Å². The highest BCUT2D eigenvalue weighted by Crippen LogP contribution is 2.27. The second-order valence-corrected chi connectivity index (χ2v) is 5.34. The maximum absolute atomic E-state index is 13.7. The van der Waals surface area contributed by atoms with Crippen LogP contribution in [0.3, 0.4) is 0 Å². The molecule has 0 aliphatic rings. The summed E-state index contributed by atoms with van der Waals surface area (Å²) < 4.78 is 20.1. The van der Waals surface area contributed by atoms with Gasteiger partial charge in [0, 0.05) is 10.5 Å². The molecule has 1 aromatic carbocycles. The topological polar surface area (TPSA) is 25.2 Å². The van der Waals surface area contributed by atoms with Crippen molar-refractivity contribution in [2.75, 3.05) is 0 Å². The molecule has 1 heterocycles. The maximum atomic E-state index is 13.7. The van der Waals surface area contributed by atoms with E-state index in [0.29, 0.717) is 23.9 Å². The Hall–Kier alpha value is -1.13. The fraction of sp³-hybridized carbons (Fsp3) is 0.286. The summed E-state index contributed by atoms with van der Waals surface area (Å²) in [4.78, 5) is 0. The molecule has 1 N–H and O–H groups in total. The van der Waals surface area contributed by atoms with Crippen LogP contribution in [0.5, 0.6) is 0 Å². The highest BCUT2D eigenvalue weighted by Gasteiger charge is 2.10. The van der Waals surface area contributed by atoms with Crippen LogP contribution in [0.1, 0.15) is 19.6 Å². The number of furan rings is 1. The van der Waals surface area contributed by atoms with E-state index in [1.54, 1.807) is 18.2 Å². The van der Waals surface area contributed by atoms with Crippen molar-refractivity contribution < 1.29 is 8.81 Å². The molecule has 18 heavy (non-hydrogen) atoms. The summed E-state index contributed by atoms with van der Waals surface area (Å²) in [5.41, 5.74) is 0.472. The minimum Gasteiger partial charge on any atom is -0.460 e. The largest absolute Gasteiger partial charge is 0.460 e. The van der Waals surface area contributed by atoms with Crippen LogP contribution in [-0.4, -0.2) is 6.04 Å². The lowest BCUT2D eigenvalue weighted by Gasteiger charge is -2.05. The van der Waals surface area contributed by atoms with E-state index < -0.39 is 0 Å². The van der Waals surface area contributed by atoms with Crippen LogP contribution in [0.2, 0.25) is 0 Å². The number of nitrogens with one attached hydrogen (secondary N) is 1. The summed E-state index contributed by atoms with van der Waals surface area (Å²) in [7, 11) is 0. The van der Waals surface area contributed by atoms with Crippen molar-refractivity contribution in [2.45, 2.75) is 26.4 Å². The van der Waals surface area contributed by atoms with Crippen molar-refractivity contribution in [3.8, 4) is 11.3 Å². The standard InChI is InChI=1S/C14H15BrFNO/c1-9(2)17-8-11-4-6-14(18-11)12-7-10(15)3-5-13(12)16/h3-7,9,17H,8H2,1-2H3. The molecule has 0 bridgehead atoms. The molecule has 0 unspecified atom stereocenters. The van der Waals surface area contributed by atoms with Crippen molar-refractivity contribution in [2.24, 2.45) is 0 Å². The molecule has 0 aliphatic heterocycles. The molecule has 0 aliphatic carbocycles. The summed E-state index contributed by atoms with van der Waals surface area (Å²) in [5.74, 6) is 1.07. The molecule has 2 rings (SSSR count). The van der Waals surface area contributed by atoms with Crippen LogP contribution in [0.4, 0.5) is 4.39 Å². The van der Waals surface area contributed by atoms with Crippen LogP contribution in [0.25, 0.3) is 11.3 Å². The van der Waals surface area contributed by atoms with Gasteiger partial charge in [-0.2, -0.15) is 0 Å². The fourth-order valence-electron chi connectivity index (χ4n) is 1.61. The Morgan fingerprint density at radius 3 is 2.78 bits per heavy atom. The first-order chi connectivity index (χ1) is 8.56.